The van der Waals surface area contributed by atoms with Gasteiger partial charge in [0.15, 0.2) is 5.78 Å². The minimum Gasteiger partial charge on any atom is -0.497 e. The summed E-state index contributed by atoms with van der Waals surface area (Å²) in [6.07, 6.45) is 3.13. The molecule has 0 aromatic heterocycles. The summed E-state index contributed by atoms with van der Waals surface area (Å²) in [6.45, 7) is 2.18. The number of rotatable bonds is 1. The molecule has 1 saturated heterocycles. The number of hydrogen-bond acceptors (Lipinski definition) is 6. The Morgan fingerprint density at radius 1 is 1.27 bits per heavy atom. The number of likely N-dealkylation sites (tertiary alicyclic amines) is 1. The molecule has 0 radical (unpaired) electrons. The first-order valence-electron chi connectivity index (χ1n) is 7.11. The molecule has 6 heteroatoms. The maximum atomic E-state index is 12.4. The van der Waals surface area contributed by atoms with Crippen LogP contribution in [0.3, 0.4) is 0 Å². The van der Waals surface area contributed by atoms with Crippen LogP contribution >= 0.6 is 11.8 Å². The van der Waals surface area contributed by atoms with Gasteiger partial charge in [-0.15, -0.1) is 11.8 Å². The molecule has 1 fully saturated rings. The molecule has 22 heavy (non-hydrogen) atoms. The lowest BCUT2D eigenvalue weighted by molar-refractivity contribution is -0.191. The van der Waals surface area contributed by atoms with Crippen molar-refractivity contribution in [2.45, 2.75) is 28.9 Å². The van der Waals surface area contributed by atoms with Crippen LogP contribution in [0.1, 0.15) is 29.6 Å². The van der Waals surface area contributed by atoms with Crippen molar-refractivity contribution in [3.8, 4) is 5.75 Å². The summed E-state index contributed by atoms with van der Waals surface area (Å²) in [6, 6.07) is 5.87. The zero-order valence-corrected chi connectivity index (χ0v) is 13.6. The molecule has 0 N–H and O–H groups in total. The number of Topliss-reactive ketones (excluding diaryl/α,β-unsaturated/α-hetero) is 1. The highest BCUT2D eigenvalue weighted by atomic mass is 32.2. The molecule has 2 aliphatic heterocycles. The number of piperidine rings is 1. The number of hydrogen-bond donors (Lipinski definition) is 0. The van der Waals surface area contributed by atoms with Crippen LogP contribution in [0.5, 0.6) is 5.75 Å². The molecule has 118 valence electrons. The summed E-state index contributed by atoms with van der Waals surface area (Å²) in [5.41, 5.74) is 0.842. The van der Waals surface area contributed by atoms with E-state index in [0.717, 1.165) is 42.1 Å². The smallest absolute Gasteiger partial charge is 0.373 e. The largest absolute Gasteiger partial charge is 0.497 e. The highest BCUT2D eigenvalue weighted by molar-refractivity contribution is 8.01. The van der Waals surface area contributed by atoms with Gasteiger partial charge >= 0.3 is 6.15 Å². The van der Waals surface area contributed by atoms with Gasteiger partial charge in [-0.3, -0.25) is 4.79 Å². The van der Waals surface area contributed by atoms with E-state index in [4.69, 9.17) is 14.3 Å². The predicted octanol–water partition coefficient (Wildman–Crippen LogP) is 2.25. The van der Waals surface area contributed by atoms with E-state index >= 15 is 0 Å². The maximum absolute atomic E-state index is 12.4. The third-order valence-corrected chi connectivity index (χ3v) is 5.76. The van der Waals surface area contributed by atoms with Gasteiger partial charge in [0.2, 0.25) is 0 Å². The summed E-state index contributed by atoms with van der Waals surface area (Å²) in [7, 11) is 3.79. The van der Waals surface area contributed by atoms with Crippen LogP contribution in [0.15, 0.2) is 23.1 Å². The predicted molar refractivity (Wildman–Crippen MR) is 82.3 cm³/mol. The molecule has 1 aromatic carbocycles. The number of fused-ring (bicyclic) bond motifs is 1. The summed E-state index contributed by atoms with van der Waals surface area (Å²) >= 11 is 1.90. The molecule has 0 atom stereocenters. The molecule has 0 unspecified atom stereocenters. The Balaban J connectivity index is 0.000000545. The quantitative estimate of drug-likeness (QED) is 0.790. The molecule has 0 amide bonds. The fourth-order valence-electron chi connectivity index (χ4n) is 2.91. The van der Waals surface area contributed by atoms with Crippen molar-refractivity contribution in [1.82, 2.24) is 4.90 Å². The minimum atomic E-state index is 0.130. The standard InChI is InChI=1S/C15H19NO2S.CO2/c1-16-7-5-15(6-8-16)10-13(17)12-9-11(18-2)3-4-14(12)19-15;2-1-3/h3-4,9H,5-8,10H2,1-2H3;. The SMILES string of the molecule is COc1ccc2c(c1)C(=O)CC1(CCN(C)CC1)S2.O=C=O. The highest BCUT2D eigenvalue weighted by Crippen LogP contribution is 2.49. The Morgan fingerprint density at radius 3 is 2.50 bits per heavy atom. The third kappa shape index (κ3) is 3.58. The van der Waals surface area contributed by atoms with E-state index < -0.39 is 0 Å². The summed E-state index contributed by atoms with van der Waals surface area (Å²) < 4.78 is 5.34. The van der Waals surface area contributed by atoms with E-state index in [0.29, 0.717) is 6.42 Å². The summed E-state index contributed by atoms with van der Waals surface area (Å²) in [4.78, 5) is 32.1. The van der Waals surface area contributed by atoms with Gasteiger partial charge in [0, 0.05) is 21.6 Å². The number of nitrogens with zero attached hydrogens (tertiary/aromatic N) is 1. The zero-order chi connectivity index (χ0) is 16.2. The minimum absolute atomic E-state index is 0.130. The first-order chi connectivity index (χ1) is 10.5. The summed E-state index contributed by atoms with van der Waals surface area (Å²) in [5, 5.41) is 0. The summed E-state index contributed by atoms with van der Waals surface area (Å²) in [5.74, 6) is 1.05. The molecule has 0 aliphatic carbocycles. The van der Waals surface area contributed by atoms with Crippen molar-refractivity contribution in [3.05, 3.63) is 23.8 Å². The lowest BCUT2D eigenvalue weighted by Crippen LogP contribution is -2.43. The number of carbonyl (C=O) groups is 1. The number of methoxy groups -OCH3 is 1. The Hall–Kier alpha value is -1.62. The van der Waals surface area contributed by atoms with E-state index in [1.54, 1.807) is 7.11 Å². The van der Waals surface area contributed by atoms with Gasteiger partial charge in [-0.1, -0.05) is 0 Å². The normalized spacial score (nSPS) is 19.6. The van der Waals surface area contributed by atoms with Gasteiger partial charge in [-0.25, -0.2) is 0 Å². The Morgan fingerprint density at radius 2 is 1.91 bits per heavy atom. The molecule has 3 rings (SSSR count). The number of benzene rings is 1. The lowest BCUT2D eigenvalue weighted by atomic mass is 9.88. The average molecular weight is 321 g/mol. The van der Waals surface area contributed by atoms with Crippen LogP contribution in [-0.4, -0.2) is 48.8 Å². The monoisotopic (exact) mass is 321 g/mol. The van der Waals surface area contributed by atoms with Gasteiger partial charge in [0.1, 0.15) is 5.75 Å². The van der Waals surface area contributed by atoms with Crippen molar-refractivity contribution in [2.75, 3.05) is 27.2 Å². The number of carbonyl (C=O) groups excluding carboxylic acids is 3. The van der Waals surface area contributed by atoms with Crippen LogP contribution in [0.2, 0.25) is 0 Å². The molecule has 0 saturated carbocycles. The van der Waals surface area contributed by atoms with E-state index in [2.05, 4.69) is 11.9 Å². The van der Waals surface area contributed by atoms with Crippen molar-refractivity contribution in [1.29, 1.82) is 0 Å². The number of ketones is 1. The molecular weight excluding hydrogens is 302 g/mol. The van der Waals surface area contributed by atoms with Crippen molar-refractivity contribution in [3.63, 3.8) is 0 Å². The average Bonchev–Trinajstić information content (AvgIpc) is 2.51. The molecular formula is C16H19NO4S. The second kappa shape index (κ2) is 7.09. The lowest BCUT2D eigenvalue weighted by Gasteiger charge is -2.42. The third-order valence-electron chi connectivity index (χ3n) is 4.19. The Labute approximate surface area is 134 Å². The second-order valence-electron chi connectivity index (χ2n) is 5.63. The Bertz CT molecular complexity index is 588. The van der Waals surface area contributed by atoms with Gasteiger partial charge in [-0.05, 0) is 51.2 Å². The van der Waals surface area contributed by atoms with Crippen molar-refractivity contribution >= 4 is 23.7 Å². The first kappa shape index (κ1) is 16.7. The van der Waals surface area contributed by atoms with Crippen LogP contribution in [0, 0.1) is 0 Å². The van der Waals surface area contributed by atoms with Crippen LogP contribution in [0.25, 0.3) is 0 Å². The van der Waals surface area contributed by atoms with E-state index in [1.807, 2.05) is 30.0 Å². The first-order valence-corrected chi connectivity index (χ1v) is 7.93. The van der Waals surface area contributed by atoms with E-state index in [9.17, 15) is 4.79 Å². The van der Waals surface area contributed by atoms with Crippen molar-refractivity contribution < 1.29 is 19.1 Å². The second-order valence-corrected chi connectivity index (χ2v) is 7.14. The fourth-order valence-corrected chi connectivity index (χ4v) is 4.38. The maximum Gasteiger partial charge on any atom is 0.373 e. The van der Waals surface area contributed by atoms with E-state index in [1.165, 1.54) is 0 Å². The van der Waals surface area contributed by atoms with Crippen LogP contribution in [0.4, 0.5) is 0 Å². The van der Waals surface area contributed by atoms with Gasteiger partial charge < -0.3 is 9.64 Å². The van der Waals surface area contributed by atoms with Crippen molar-refractivity contribution in [2.24, 2.45) is 0 Å². The van der Waals surface area contributed by atoms with E-state index in [-0.39, 0.29) is 16.7 Å². The molecule has 1 aromatic rings. The number of ether oxygens (including phenoxy) is 1. The molecule has 5 nitrogen and oxygen atoms in total. The van der Waals surface area contributed by atoms with Gasteiger partial charge in [0.05, 0.1) is 7.11 Å². The Kier molecular flexibility index (Phi) is 5.40. The molecule has 2 heterocycles. The van der Waals surface area contributed by atoms with Gasteiger partial charge in [-0.2, -0.15) is 9.59 Å². The molecule has 2 aliphatic rings. The topological polar surface area (TPSA) is 63.7 Å². The van der Waals surface area contributed by atoms with Crippen LogP contribution in [-0.2, 0) is 9.59 Å². The fraction of sp³-hybridized carbons (Fsp3) is 0.500. The highest BCUT2D eigenvalue weighted by Gasteiger charge is 2.41. The number of thioether (sulfide) groups is 1. The zero-order valence-electron chi connectivity index (χ0n) is 12.8. The van der Waals surface area contributed by atoms with Crippen LogP contribution < -0.4 is 4.74 Å². The molecule has 1 spiro atoms. The van der Waals surface area contributed by atoms with Gasteiger partial charge in [0.25, 0.3) is 0 Å². The molecule has 0 bridgehead atoms.